The zero-order valence-electron chi connectivity index (χ0n) is 10.6. The van der Waals surface area contributed by atoms with Gasteiger partial charge in [0.15, 0.2) is 0 Å². The van der Waals surface area contributed by atoms with E-state index in [1.54, 1.807) is 0 Å². The molecule has 16 heavy (non-hydrogen) atoms. The summed E-state index contributed by atoms with van der Waals surface area (Å²) in [6, 6.07) is 0. The summed E-state index contributed by atoms with van der Waals surface area (Å²) < 4.78 is 0. The summed E-state index contributed by atoms with van der Waals surface area (Å²) in [6.07, 6.45) is 4.64. The van der Waals surface area contributed by atoms with Gasteiger partial charge in [0.25, 0.3) is 0 Å². The molecule has 100 valence electrons. The molecular formula is C12H28O4. The second kappa shape index (κ2) is 14.8. The van der Waals surface area contributed by atoms with Crippen LogP contribution in [0.2, 0.25) is 0 Å². The fourth-order valence-corrected chi connectivity index (χ4v) is 1.06. The van der Waals surface area contributed by atoms with Crippen molar-refractivity contribution in [2.45, 2.75) is 64.6 Å². The van der Waals surface area contributed by atoms with Gasteiger partial charge in [0, 0.05) is 0 Å². The predicted molar refractivity (Wildman–Crippen MR) is 65.2 cm³/mol. The molecule has 0 aliphatic rings. The van der Waals surface area contributed by atoms with Gasteiger partial charge < -0.3 is 20.4 Å². The van der Waals surface area contributed by atoms with Crippen molar-refractivity contribution in [1.82, 2.24) is 0 Å². The topological polar surface area (TPSA) is 80.9 Å². The minimum Gasteiger partial charge on any atom is -0.394 e. The molecule has 4 heteroatoms. The quantitative estimate of drug-likeness (QED) is 0.508. The Bertz CT molecular complexity index is 106. The predicted octanol–water partition coefficient (Wildman–Crippen LogP) is 1.06. The average molecular weight is 236 g/mol. The lowest BCUT2D eigenvalue weighted by Gasteiger charge is -2.02. The van der Waals surface area contributed by atoms with Gasteiger partial charge in [-0.2, -0.15) is 0 Å². The van der Waals surface area contributed by atoms with Crippen molar-refractivity contribution < 1.29 is 20.4 Å². The van der Waals surface area contributed by atoms with E-state index >= 15 is 0 Å². The van der Waals surface area contributed by atoms with Crippen LogP contribution in [0.3, 0.4) is 0 Å². The van der Waals surface area contributed by atoms with Crippen molar-refractivity contribution in [2.24, 2.45) is 0 Å². The normalized spacial score (nSPS) is 13.9. The Hall–Kier alpha value is -0.160. The summed E-state index contributed by atoms with van der Waals surface area (Å²) in [6.45, 7) is 3.92. The maximum Gasteiger partial charge on any atom is 0.0770 e. The molecule has 0 aromatic carbocycles. The highest BCUT2D eigenvalue weighted by Gasteiger charge is 1.98. The van der Waals surface area contributed by atoms with E-state index in [1.807, 2.05) is 0 Å². The molecule has 0 rings (SSSR count). The fraction of sp³-hybridized carbons (Fsp3) is 1.00. The van der Waals surface area contributed by atoms with Crippen LogP contribution in [-0.4, -0.2) is 45.8 Å². The Morgan fingerprint density at radius 2 is 1.06 bits per heavy atom. The van der Waals surface area contributed by atoms with Crippen LogP contribution in [0.4, 0.5) is 0 Å². The van der Waals surface area contributed by atoms with Crippen molar-refractivity contribution in [3.05, 3.63) is 0 Å². The lowest BCUT2D eigenvalue weighted by Crippen LogP contribution is -2.10. The summed E-state index contributed by atoms with van der Waals surface area (Å²) in [7, 11) is 0. The molecule has 0 amide bonds. The zero-order valence-corrected chi connectivity index (χ0v) is 10.6. The van der Waals surface area contributed by atoms with E-state index in [0.717, 1.165) is 38.5 Å². The number of rotatable bonds is 8. The first kappa shape index (κ1) is 18.2. The molecule has 4 N–H and O–H groups in total. The van der Waals surface area contributed by atoms with Crippen LogP contribution < -0.4 is 0 Å². The SMILES string of the molecule is CCCCC(O)CO.CCCCC(O)CO. The van der Waals surface area contributed by atoms with Gasteiger partial charge in [0.2, 0.25) is 0 Å². The summed E-state index contributed by atoms with van der Waals surface area (Å²) in [4.78, 5) is 0. The second-order valence-electron chi connectivity index (χ2n) is 3.96. The molecule has 2 unspecified atom stereocenters. The smallest absolute Gasteiger partial charge is 0.0770 e. The number of aliphatic hydroxyl groups is 4. The largest absolute Gasteiger partial charge is 0.394 e. The molecule has 0 aromatic rings. The Kier molecular flexibility index (Phi) is 16.9. The highest BCUT2D eigenvalue weighted by molar-refractivity contribution is 4.50. The first-order valence-electron chi connectivity index (χ1n) is 6.20. The van der Waals surface area contributed by atoms with E-state index in [4.69, 9.17) is 20.4 Å². The molecule has 0 saturated carbocycles. The van der Waals surface area contributed by atoms with Crippen LogP contribution in [0.5, 0.6) is 0 Å². The molecule has 0 heterocycles. The molecule has 2 atom stereocenters. The number of hydrogen-bond acceptors (Lipinski definition) is 4. The Morgan fingerprint density at radius 1 is 0.750 bits per heavy atom. The van der Waals surface area contributed by atoms with E-state index in [2.05, 4.69) is 13.8 Å². The van der Waals surface area contributed by atoms with E-state index in [9.17, 15) is 0 Å². The van der Waals surface area contributed by atoms with Crippen molar-refractivity contribution in [2.75, 3.05) is 13.2 Å². The molecule has 0 bridgehead atoms. The number of hydrogen-bond donors (Lipinski definition) is 4. The minimum atomic E-state index is -0.491. The third-order valence-electron chi connectivity index (χ3n) is 2.20. The van der Waals surface area contributed by atoms with Gasteiger partial charge in [-0.1, -0.05) is 39.5 Å². The molecular weight excluding hydrogens is 208 g/mol. The molecule has 0 aliphatic carbocycles. The van der Waals surface area contributed by atoms with Gasteiger partial charge in [-0.05, 0) is 12.8 Å². The third kappa shape index (κ3) is 16.3. The van der Waals surface area contributed by atoms with Crippen molar-refractivity contribution in [1.29, 1.82) is 0 Å². The standard InChI is InChI=1S/2C6H14O2/c2*1-2-3-4-6(8)5-7/h2*6-8H,2-5H2,1H3. The zero-order chi connectivity index (χ0) is 12.8. The van der Waals surface area contributed by atoms with Crippen molar-refractivity contribution >= 4 is 0 Å². The maximum absolute atomic E-state index is 8.74. The maximum atomic E-state index is 8.74. The molecule has 0 fully saturated rings. The number of unbranched alkanes of at least 4 members (excludes halogenated alkanes) is 2. The van der Waals surface area contributed by atoms with Gasteiger partial charge in [-0.15, -0.1) is 0 Å². The summed E-state index contributed by atoms with van der Waals surface area (Å²) in [5.41, 5.74) is 0. The first-order valence-corrected chi connectivity index (χ1v) is 6.20. The van der Waals surface area contributed by atoms with E-state index in [1.165, 1.54) is 0 Å². The molecule has 0 radical (unpaired) electrons. The summed E-state index contributed by atoms with van der Waals surface area (Å²) in [5, 5.41) is 34.1. The minimum absolute atomic E-state index is 0.0972. The van der Waals surface area contributed by atoms with Crippen LogP contribution in [0.15, 0.2) is 0 Å². The van der Waals surface area contributed by atoms with Gasteiger partial charge in [-0.3, -0.25) is 0 Å². The molecule has 4 nitrogen and oxygen atoms in total. The van der Waals surface area contributed by atoms with Crippen LogP contribution in [0, 0.1) is 0 Å². The van der Waals surface area contributed by atoms with Crippen LogP contribution in [0.1, 0.15) is 52.4 Å². The van der Waals surface area contributed by atoms with Gasteiger partial charge in [-0.25, -0.2) is 0 Å². The molecule has 0 aromatic heterocycles. The average Bonchev–Trinajstić information content (AvgIpc) is 2.33. The van der Waals surface area contributed by atoms with Crippen LogP contribution in [0.25, 0.3) is 0 Å². The summed E-state index contributed by atoms with van der Waals surface area (Å²) >= 11 is 0. The van der Waals surface area contributed by atoms with Crippen LogP contribution >= 0.6 is 0 Å². The fourth-order valence-electron chi connectivity index (χ4n) is 1.06. The molecule has 0 aliphatic heterocycles. The molecule has 0 saturated heterocycles. The lowest BCUT2D eigenvalue weighted by molar-refractivity contribution is 0.0864. The van der Waals surface area contributed by atoms with Crippen molar-refractivity contribution in [3.8, 4) is 0 Å². The van der Waals surface area contributed by atoms with E-state index < -0.39 is 12.2 Å². The Labute approximate surface area is 98.9 Å². The van der Waals surface area contributed by atoms with Crippen molar-refractivity contribution in [3.63, 3.8) is 0 Å². The monoisotopic (exact) mass is 236 g/mol. The van der Waals surface area contributed by atoms with Gasteiger partial charge in [0.05, 0.1) is 25.4 Å². The van der Waals surface area contributed by atoms with E-state index in [0.29, 0.717) is 0 Å². The van der Waals surface area contributed by atoms with Gasteiger partial charge >= 0.3 is 0 Å². The lowest BCUT2D eigenvalue weighted by atomic mass is 10.2. The highest BCUT2D eigenvalue weighted by Crippen LogP contribution is 1.98. The number of aliphatic hydroxyl groups excluding tert-OH is 4. The second-order valence-corrected chi connectivity index (χ2v) is 3.96. The summed E-state index contributed by atoms with van der Waals surface area (Å²) in [5.74, 6) is 0. The van der Waals surface area contributed by atoms with Crippen LogP contribution in [-0.2, 0) is 0 Å². The Morgan fingerprint density at radius 3 is 1.25 bits per heavy atom. The van der Waals surface area contributed by atoms with E-state index in [-0.39, 0.29) is 13.2 Å². The highest BCUT2D eigenvalue weighted by atomic mass is 16.3. The molecule has 0 spiro atoms. The Balaban J connectivity index is 0. The van der Waals surface area contributed by atoms with Gasteiger partial charge in [0.1, 0.15) is 0 Å². The third-order valence-corrected chi connectivity index (χ3v) is 2.20. The first-order chi connectivity index (χ1) is 7.62.